The van der Waals surface area contributed by atoms with Gasteiger partial charge in [0.25, 0.3) is 0 Å². The maximum atomic E-state index is 13.4. The summed E-state index contributed by atoms with van der Waals surface area (Å²) in [5.41, 5.74) is 2.51. The number of imide groups is 1. The molecule has 202 valence electrons. The molecule has 2 fully saturated rings. The average Bonchev–Trinajstić information content (AvgIpc) is 2.91. The number of nitrogens with one attached hydrogen (secondary N) is 2. The molecule has 38 heavy (non-hydrogen) atoms. The van der Waals surface area contributed by atoms with Crippen LogP contribution in [-0.2, 0) is 20.9 Å². The normalized spacial score (nSPS) is 19.2. The Hall–Kier alpha value is -3.10. The van der Waals surface area contributed by atoms with E-state index in [-0.39, 0.29) is 48.3 Å². The number of hydrogen-bond donors (Lipinski definition) is 2. The quantitative estimate of drug-likeness (QED) is 0.444. The summed E-state index contributed by atoms with van der Waals surface area (Å²) in [5.74, 6) is -1.13. The molecular weight excluding hydrogens is 527 g/mol. The van der Waals surface area contributed by atoms with Crippen LogP contribution in [0.15, 0.2) is 42.5 Å². The molecule has 2 unspecified atom stereocenters. The van der Waals surface area contributed by atoms with Gasteiger partial charge in [-0.05, 0) is 43.9 Å². The summed E-state index contributed by atoms with van der Waals surface area (Å²) < 4.78 is 0. The van der Waals surface area contributed by atoms with Crippen molar-refractivity contribution < 1.29 is 19.2 Å². The van der Waals surface area contributed by atoms with Gasteiger partial charge in [-0.25, -0.2) is 4.79 Å². The first-order chi connectivity index (χ1) is 18.2. The average molecular weight is 559 g/mol. The molecule has 1 saturated heterocycles. The second-order valence-electron chi connectivity index (χ2n) is 9.87. The number of aryl methyl sites for hydroxylation is 1. The van der Waals surface area contributed by atoms with Gasteiger partial charge in [-0.2, -0.15) is 0 Å². The maximum absolute atomic E-state index is 13.4. The van der Waals surface area contributed by atoms with Gasteiger partial charge in [-0.1, -0.05) is 71.9 Å². The Bertz CT molecular complexity index is 1200. The van der Waals surface area contributed by atoms with E-state index in [0.717, 1.165) is 24.0 Å². The van der Waals surface area contributed by atoms with Crippen molar-refractivity contribution in [3.63, 3.8) is 0 Å². The highest BCUT2D eigenvalue weighted by Gasteiger charge is 2.47. The molecule has 5 amide bonds. The van der Waals surface area contributed by atoms with Crippen LogP contribution in [0.3, 0.4) is 0 Å². The van der Waals surface area contributed by atoms with Gasteiger partial charge < -0.3 is 15.5 Å². The number of amides is 5. The van der Waals surface area contributed by atoms with Crippen molar-refractivity contribution in [2.45, 2.75) is 58.0 Å². The Morgan fingerprint density at radius 2 is 1.74 bits per heavy atom. The largest absolute Gasteiger partial charge is 0.352 e. The van der Waals surface area contributed by atoms with Gasteiger partial charge in [0.2, 0.25) is 17.7 Å². The van der Waals surface area contributed by atoms with Gasteiger partial charge in [-0.15, -0.1) is 0 Å². The third kappa shape index (κ3) is 6.66. The van der Waals surface area contributed by atoms with Crippen LogP contribution in [0, 0.1) is 12.8 Å². The van der Waals surface area contributed by atoms with Gasteiger partial charge in [0.05, 0.1) is 21.7 Å². The Morgan fingerprint density at radius 1 is 1.00 bits per heavy atom. The van der Waals surface area contributed by atoms with Crippen LogP contribution < -0.4 is 10.6 Å². The zero-order valence-electron chi connectivity index (χ0n) is 21.3. The van der Waals surface area contributed by atoms with E-state index in [1.165, 1.54) is 9.80 Å². The number of halogens is 2. The zero-order valence-corrected chi connectivity index (χ0v) is 22.9. The van der Waals surface area contributed by atoms with Crippen molar-refractivity contribution in [2.75, 3.05) is 18.4 Å². The molecule has 0 bridgehead atoms. The number of rotatable bonds is 9. The van der Waals surface area contributed by atoms with Crippen LogP contribution in [0.5, 0.6) is 0 Å². The third-order valence-electron chi connectivity index (χ3n) is 7.13. The second kappa shape index (κ2) is 12.6. The molecule has 2 aromatic rings. The molecular formula is C28H32Cl2N4O4. The number of benzene rings is 2. The van der Waals surface area contributed by atoms with E-state index < -0.39 is 11.9 Å². The van der Waals surface area contributed by atoms with E-state index in [2.05, 4.69) is 10.6 Å². The smallest absolute Gasteiger partial charge is 0.327 e. The summed E-state index contributed by atoms with van der Waals surface area (Å²) in [4.78, 5) is 54.6. The van der Waals surface area contributed by atoms with E-state index in [1.54, 1.807) is 18.2 Å². The minimum Gasteiger partial charge on any atom is -0.352 e. The number of urea groups is 1. The number of hydrogen-bond acceptors (Lipinski definition) is 4. The van der Waals surface area contributed by atoms with Gasteiger partial charge in [0.1, 0.15) is 6.54 Å². The molecule has 8 nitrogen and oxygen atoms in total. The number of anilines is 1. The molecule has 1 aliphatic carbocycles. The monoisotopic (exact) mass is 558 g/mol. The molecule has 10 heteroatoms. The fraction of sp³-hybridized carbons (Fsp3) is 0.429. The number of carbonyl (C=O) groups is 4. The first-order valence-corrected chi connectivity index (χ1v) is 13.7. The van der Waals surface area contributed by atoms with Crippen LogP contribution in [0.2, 0.25) is 10.0 Å². The van der Waals surface area contributed by atoms with E-state index in [1.807, 2.05) is 31.2 Å². The highest BCUT2D eigenvalue weighted by Crippen LogP contribution is 2.35. The number of carbonyl (C=O) groups excluding carboxylic acids is 4. The lowest BCUT2D eigenvalue weighted by atomic mass is 9.81. The van der Waals surface area contributed by atoms with Gasteiger partial charge in [0, 0.05) is 25.6 Å². The van der Waals surface area contributed by atoms with Gasteiger partial charge >= 0.3 is 6.03 Å². The van der Waals surface area contributed by atoms with E-state index in [4.69, 9.17) is 23.2 Å². The Balaban J connectivity index is 1.36. The highest BCUT2D eigenvalue weighted by atomic mass is 35.5. The van der Waals surface area contributed by atoms with Crippen molar-refractivity contribution >= 4 is 52.6 Å². The van der Waals surface area contributed by atoms with Crippen LogP contribution in [0.1, 0.15) is 49.7 Å². The molecule has 0 spiro atoms. The highest BCUT2D eigenvalue weighted by molar-refractivity contribution is 6.44. The standard InChI is InChI=1S/C28H32Cl2N4O4/c1-18-11-13-19(14-12-18)16-31-24(35)10-5-15-33-27(37)20-6-2-3-9-23(20)34(28(33)38)17-25(36)32-22-8-4-7-21(29)26(22)30/h4,7-8,11-14,20,23H,2-3,5-6,9-10,15-17H2,1H3,(H,31,35)(H,32,36). The summed E-state index contributed by atoms with van der Waals surface area (Å²) in [6.45, 7) is 2.34. The second-order valence-corrected chi connectivity index (χ2v) is 10.7. The van der Waals surface area contributed by atoms with Gasteiger partial charge in [0.15, 0.2) is 0 Å². The lowest BCUT2D eigenvalue weighted by Gasteiger charge is -2.46. The van der Waals surface area contributed by atoms with E-state index >= 15 is 0 Å². The molecule has 1 heterocycles. The predicted molar refractivity (Wildman–Crippen MR) is 147 cm³/mol. The lowest BCUT2D eigenvalue weighted by molar-refractivity contribution is -0.142. The number of fused-ring (bicyclic) bond motifs is 1. The molecule has 1 saturated carbocycles. The summed E-state index contributed by atoms with van der Waals surface area (Å²) >= 11 is 12.2. The molecule has 0 aromatic heterocycles. The Labute approximate surface area is 232 Å². The predicted octanol–water partition coefficient (Wildman–Crippen LogP) is 5.16. The molecule has 2 N–H and O–H groups in total. The zero-order chi connectivity index (χ0) is 27.2. The molecule has 4 rings (SSSR count). The van der Waals surface area contributed by atoms with Crippen molar-refractivity contribution in [3.8, 4) is 0 Å². The summed E-state index contributed by atoms with van der Waals surface area (Å²) in [5, 5.41) is 6.14. The molecule has 1 aliphatic heterocycles. The van der Waals surface area contributed by atoms with Crippen molar-refractivity contribution in [1.29, 1.82) is 0 Å². The fourth-order valence-corrected chi connectivity index (χ4v) is 5.44. The first-order valence-electron chi connectivity index (χ1n) is 12.9. The van der Waals surface area contributed by atoms with Crippen LogP contribution in [0.4, 0.5) is 10.5 Å². The first kappa shape index (κ1) is 27.9. The topological polar surface area (TPSA) is 98.8 Å². The van der Waals surface area contributed by atoms with Crippen molar-refractivity contribution in [2.24, 2.45) is 5.92 Å². The maximum Gasteiger partial charge on any atom is 0.327 e. The van der Waals surface area contributed by atoms with E-state index in [9.17, 15) is 19.2 Å². The van der Waals surface area contributed by atoms with Crippen LogP contribution >= 0.6 is 23.2 Å². The van der Waals surface area contributed by atoms with E-state index in [0.29, 0.717) is 36.5 Å². The number of nitrogens with zero attached hydrogens (tertiary/aromatic N) is 2. The molecule has 2 atom stereocenters. The Kier molecular flexibility index (Phi) is 9.28. The fourth-order valence-electron chi connectivity index (χ4n) is 5.09. The Morgan fingerprint density at radius 3 is 2.50 bits per heavy atom. The van der Waals surface area contributed by atoms with Crippen LogP contribution in [-0.4, -0.2) is 52.7 Å². The molecule has 2 aromatic carbocycles. The minimum atomic E-state index is -0.495. The molecule has 0 radical (unpaired) electrons. The summed E-state index contributed by atoms with van der Waals surface area (Å²) in [6.07, 6.45) is 3.65. The molecule has 2 aliphatic rings. The van der Waals surface area contributed by atoms with Crippen LogP contribution in [0.25, 0.3) is 0 Å². The van der Waals surface area contributed by atoms with Gasteiger partial charge in [-0.3, -0.25) is 19.3 Å². The third-order valence-corrected chi connectivity index (χ3v) is 7.94. The van der Waals surface area contributed by atoms with Crippen molar-refractivity contribution in [1.82, 2.24) is 15.1 Å². The summed E-state index contributed by atoms with van der Waals surface area (Å²) in [7, 11) is 0. The SMILES string of the molecule is Cc1ccc(CNC(=O)CCCN2C(=O)C3CCCCC3N(CC(=O)Nc3cccc(Cl)c3Cl)C2=O)cc1. The minimum absolute atomic E-state index is 0.122. The van der Waals surface area contributed by atoms with Crippen molar-refractivity contribution in [3.05, 3.63) is 63.6 Å². The summed E-state index contributed by atoms with van der Waals surface area (Å²) in [6, 6.07) is 12.0. The lowest BCUT2D eigenvalue weighted by Crippen LogP contribution is -2.63.